The second-order valence-electron chi connectivity index (χ2n) is 8.42. The number of aryl methyl sites for hydroxylation is 1. The van der Waals surface area contributed by atoms with Gasteiger partial charge in [-0.05, 0) is 35.7 Å². The summed E-state index contributed by atoms with van der Waals surface area (Å²) in [6.45, 7) is 4.35. The molecule has 0 saturated heterocycles. The molecule has 0 unspecified atom stereocenters. The molecule has 0 saturated carbocycles. The van der Waals surface area contributed by atoms with E-state index in [0.29, 0.717) is 17.3 Å². The topological polar surface area (TPSA) is 60.6 Å². The van der Waals surface area contributed by atoms with Crippen molar-refractivity contribution >= 4 is 23.2 Å². The molecular weight excluding hydrogens is 436 g/mol. The fraction of sp³-hybridized carbons (Fsp3) is 0.308. The second-order valence-corrected chi connectivity index (χ2v) is 8.86. The minimum atomic E-state index is -0.102. The van der Waals surface area contributed by atoms with Crippen molar-refractivity contribution in [1.82, 2.24) is 14.0 Å². The fourth-order valence-corrected chi connectivity index (χ4v) is 4.41. The van der Waals surface area contributed by atoms with Crippen LogP contribution < -0.4 is 15.6 Å². The van der Waals surface area contributed by atoms with Gasteiger partial charge in [0.15, 0.2) is 0 Å². The molecule has 3 heterocycles. The standard InChI is InChI=1S/C26H27ClN4O2/c1-2-3-4-12-30-24(28-16-18-5-10-23-20(14-18)11-13-33-23)15-25(32)31-17-22(29-26(30)31)19-6-8-21(27)9-7-19/h5-10,14-15,17,28H,2-4,11-13,16H2,1H3. The van der Waals surface area contributed by atoms with Crippen molar-refractivity contribution in [2.24, 2.45) is 0 Å². The van der Waals surface area contributed by atoms with Crippen LogP contribution in [0.1, 0.15) is 37.3 Å². The number of benzene rings is 2. The highest BCUT2D eigenvalue weighted by Crippen LogP contribution is 2.27. The monoisotopic (exact) mass is 462 g/mol. The van der Waals surface area contributed by atoms with Gasteiger partial charge in [-0.1, -0.05) is 55.6 Å². The van der Waals surface area contributed by atoms with Crippen LogP contribution in [0.2, 0.25) is 5.02 Å². The lowest BCUT2D eigenvalue weighted by Gasteiger charge is -2.16. The van der Waals surface area contributed by atoms with Gasteiger partial charge in [0.1, 0.15) is 11.6 Å². The van der Waals surface area contributed by atoms with E-state index in [4.69, 9.17) is 21.3 Å². The van der Waals surface area contributed by atoms with Crippen molar-refractivity contribution < 1.29 is 4.74 Å². The molecule has 1 aliphatic heterocycles. The van der Waals surface area contributed by atoms with Crippen LogP contribution in [0.5, 0.6) is 5.75 Å². The molecule has 0 atom stereocenters. The smallest absolute Gasteiger partial charge is 0.261 e. The highest BCUT2D eigenvalue weighted by Gasteiger charge is 2.15. The van der Waals surface area contributed by atoms with Crippen molar-refractivity contribution in [1.29, 1.82) is 0 Å². The van der Waals surface area contributed by atoms with Crippen molar-refractivity contribution in [3.8, 4) is 17.0 Å². The molecule has 170 valence electrons. The van der Waals surface area contributed by atoms with Gasteiger partial charge < -0.3 is 10.1 Å². The Hall–Kier alpha value is -3.25. The molecule has 0 amide bonds. The summed E-state index contributed by atoms with van der Waals surface area (Å²) in [4.78, 5) is 17.8. The number of hydrogen-bond acceptors (Lipinski definition) is 4. The maximum absolute atomic E-state index is 13.0. The fourth-order valence-electron chi connectivity index (χ4n) is 4.28. The molecule has 5 rings (SSSR count). The number of imidazole rings is 1. The van der Waals surface area contributed by atoms with Crippen molar-refractivity contribution in [2.45, 2.75) is 45.7 Å². The second kappa shape index (κ2) is 9.32. The SMILES string of the molecule is CCCCCn1c(NCc2ccc3c(c2)CCO3)cc(=O)n2cc(-c3ccc(Cl)cc3)nc12. The molecule has 4 aromatic rings. The lowest BCUT2D eigenvalue weighted by atomic mass is 10.1. The van der Waals surface area contributed by atoms with E-state index in [0.717, 1.165) is 67.2 Å². The molecule has 0 fully saturated rings. The molecule has 0 radical (unpaired) electrons. The molecular formula is C26H27ClN4O2. The Morgan fingerprint density at radius 2 is 1.97 bits per heavy atom. The summed E-state index contributed by atoms with van der Waals surface area (Å²) in [7, 11) is 0. The first-order valence-corrected chi connectivity index (χ1v) is 11.9. The summed E-state index contributed by atoms with van der Waals surface area (Å²) >= 11 is 6.04. The van der Waals surface area contributed by atoms with Crippen LogP contribution in [0.4, 0.5) is 5.82 Å². The third kappa shape index (κ3) is 4.48. The summed E-state index contributed by atoms with van der Waals surface area (Å²) in [5, 5.41) is 4.16. The Kier molecular flexibility index (Phi) is 6.09. The van der Waals surface area contributed by atoms with Crippen LogP contribution in [0, 0.1) is 0 Å². The van der Waals surface area contributed by atoms with Gasteiger partial charge >= 0.3 is 0 Å². The molecule has 1 aliphatic rings. The Balaban J connectivity index is 1.50. The van der Waals surface area contributed by atoms with Crippen LogP contribution in [0.15, 0.2) is 59.5 Å². The van der Waals surface area contributed by atoms with Gasteiger partial charge in [0.05, 0.1) is 12.3 Å². The molecule has 0 bridgehead atoms. The quantitative estimate of drug-likeness (QED) is 0.348. The van der Waals surface area contributed by atoms with E-state index in [9.17, 15) is 4.79 Å². The molecule has 1 N–H and O–H groups in total. The molecule has 2 aromatic heterocycles. The maximum atomic E-state index is 13.0. The van der Waals surface area contributed by atoms with E-state index in [-0.39, 0.29) is 5.56 Å². The predicted molar refractivity (Wildman–Crippen MR) is 132 cm³/mol. The Morgan fingerprint density at radius 1 is 1.12 bits per heavy atom. The number of nitrogens with zero attached hydrogens (tertiary/aromatic N) is 3. The van der Waals surface area contributed by atoms with Gasteiger partial charge in [0, 0.05) is 42.4 Å². The minimum Gasteiger partial charge on any atom is -0.493 e. The van der Waals surface area contributed by atoms with Crippen LogP contribution >= 0.6 is 11.6 Å². The van der Waals surface area contributed by atoms with Gasteiger partial charge in [0.2, 0.25) is 5.78 Å². The van der Waals surface area contributed by atoms with Crippen LogP contribution in [0.25, 0.3) is 17.0 Å². The minimum absolute atomic E-state index is 0.102. The first kappa shape index (κ1) is 21.6. The van der Waals surface area contributed by atoms with E-state index in [1.165, 1.54) is 5.56 Å². The van der Waals surface area contributed by atoms with Gasteiger partial charge in [-0.3, -0.25) is 13.8 Å². The molecule has 7 heteroatoms. The van der Waals surface area contributed by atoms with E-state index in [1.807, 2.05) is 36.5 Å². The summed E-state index contributed by atoms with van der Waals surface area (Å²) in [6, 6.07) is 15.5. The number of rotatable bonds is 8. The zero-order chi connectivity index (χ0) is 22.8. The van der Waals surface area contributed by atoms with Crippen LogP contribution in [-0.2, 0) is 19.5 Å². The van der Waals surface area contributed by atoms with Crippen molar-refractivity contribution in [2.75, 3.05) is 11.9 Å². The summed E-state index contributed by atoms with van der Waals surface area (Å²) in [5.41, 5.74) is 3.98. The molecule has 0 spiro atoms. The highest BCUT2D eigenvalue weighted by atomic mass is 35.5. The molecule has 0 aliphatic carbocycles. The molecule has 6 nitrogen and oxygen atoms in total. The number of aromatic nitrogens is 3. The molecule has 33 heavy (non-hydrogen) atoms. The predicted octanol–water partition coefficient (Wildman–Crippen LogP) is 5.55. The van der Waals surface area contributed by atoms with E-state index in [1.54, 1.807) is 10.5 Å². The number of unbranched alkanes of at least 4 members (excludes halogenated alkanes) is 2. The Labute approximate surface area is 197 Å². The van der Waals surface area contributed by atoms with Gasteiger partial charge in [-0.25, -0.2) is 4.98 Å². The number of nitrogens with one attached hydrogen (secondary N) is 1. The number of halogens is 1. The summed E-state index contributed by atoms with van der Waals surface area (Å²) in [6.07, 6.45) is 6.01. The van der Waals surface area contributed by atoms with Crippen LogP contribution in [-0.4, -0.2) is 20.6 Å². The van der Waals surface area contributed by atoms with Crippen molar-refractivity contribution in [3.63, 3.8) is 0 Å². The zero-order valence-electron chi connectivity index (χ0n) is 18.7. The molecule has 2 aromatic carbocycles. The van der Waals surface area contributed by atoms with E-state index < -0.39 is 0 Å². The number of ether oxygens (including phenoxy) is 1. The summed E-state index contributed by atoms with van der Waals surface area (Å²) < 4.78 is 9.37. The first-order chi connectivity index (χ1) is 16.1. The normalized spacial score (nSPS) is 12.7. The van der Waals surface area contributed by atoms with E-state index >= 15 is 0 Å². The van der Waals surface area contributed by atoms with Crippen molar-refractivity contribution in [3.05, 3.63) is 81.2 Å². The Morgan fingerprint density at radius 3 is 2.79 bits per heavy atom. The Bertz CT molecular complexity index is 1340. The highest BCUT2D eigenvalue weighted by molar-refractivity contribution is 6.30. The largest absolute Gasteiger partial charge is 0.493 e. The van der Waals surface area contributed by atoms with Crippen LogP contribution in [0.3, 0.4) is 0 Å². The average Bonchev–Trinajstić information content (AvgIpc) is 3.47. The summed E-state index contributed by atoms with van der Waals surface area (Å²) in [5.74, 6) is 2.41. The van der Waals surface area contributed by atoms with Gasteiger partial charge in [0.25, 0.3) is 5.56 Å². The average molecular weight is 463 g/mol. The number of anilines is 1. The maximum Gasteiger partial charge on any atom is 0.261 e. The number of hydrogen-bond donors (Lipinski definition) is 1. The first-order valence-electron chi connectivity index (χ1n) is 11.5. The lowest BCUT2D eigenvalue weighted by Crippen LogP contribution is -2.20. The third-order valence-corrected chi connectivity index (χ3v) is 6.32. The zero-order valence-corrected chi connectivity index (χ0v) is 19.4. The van der Waals surface area contributed by atoms with E-state index in [2.05, 4.69) is 28.9 Å². The van der Waals surface area contributed by atoms with Gasteiger partial charge in [-0.15, -0.1) is 0 Å². The number of fused-ring (bicyclic) bond motifs is 2. The third-order valence-electron chi connectivity index (χ3n) is 6.07. The van der Waals surface area contributed by atoms with Gasteiger partial charge in [-0.2, -0.15) is 0 Å². The lowest BCUT2D eigenvalue weighted by molar-refractivity contribution is 0.357.